The Bertz CT molecular complexity index is 559. The summed E-state index contributed by atoms with van der Waals surface area (Å²) in [6.07, 6.45) is 1.93. The molecular weight excluding hydrogens is 358 g/mol. The summed E-state index contributed by atoms with van der Waals surface area (Å²) in [5.74, 6) is -0.278. The van der Waals surface area contributed by atoms with E-state index in [0.29, 0.717) is 0 Å². The van der Waals surface area contributed by atoms with E-state index in [9.17, 15) is 9.59 Å². The van der Waals surface area contributed by atoms with Gasteiger partial charge in [0, 0.05) is 11.0 Å². The van der Waals surface area contributed by atoms with Crippen LogP contribution in [0.1, 0.15) is 38.3 Å². The van der Waals surface area contributed by atoms with Crippen LogP contribution in [-0.4, -0.2) is 35.8 Å². The maximum atomic E-state index is 12.5. The number of halogens is 1. The number of hydrogen-bond donors (Lipinski definition) is 2. The molecule has 3 N–H and O–H groups in total. The maximum Gasteiger partial charge on any atom is 0.242 e. The van der Waals surface area contributed by atoms with Gasteiger partial charge in [0.1, 0.15) is 0 Å². The summed E-state index contributed by atoms with van der Waals surface area (Å²) in [4.78, 5) is 26.2. The highest BCUT2D eigenvalue weighted by Crippen LogP contribution is 2.32. The van der Waals surface area contributed by atoms with Gasteiger partial charge in [-0.1, -0.05) is 41.9 Å². The van der Waals surface area contributed by atoms with E-state index >= 15 is 0 Å². The summed E-state index contributed by atoms with van der Waals surface area (Å²) in [5, 5.41) is 2.66. The molecule has 1 aliphatic heterocycles. The maximum absolute atomic E-state index is 12.5. The molecule has 5 nitrogen and oxygen atoms in total. The van der Waals surface area contributed by atoms with Crippen molar-refractivity contribution in [1.82, 2.24) is 10.2 Å². The van der Waals surface area contributed by atoms with Crippen LogP contribution in [0.3, 0.4) is 0 Å². The molecule has 1 unspecified atom stereocenters. The molecule has 23 heavy (non-hydrogen) atoms. The summed E-state index contributed by atoms with van der Waals surface area (Å²) in [5.41, 5.74) is 6.92. The van der Waals surface area contributed by atoms with Crippen LogP contribution in [0, 0.1) is 5.92 Å². The SMILES string of the molecule is CC(C)[C@H](N)C(=O)NCC(=O)N1CCCC1c1ccc(Br)cc1. The summed E-state index contributed by atoms with van der Waals surface area (Å²) in [7, 11) is 0. The predicted molar refractivity (Wildman–Crippen MR) is 93.7 cm³/mol. The molecule has 1 aromatic carbocycles. The number of carbonyl (C=O) groups excluding carboxylic acids is 2. The lowest BCUT2D eigenvalue weighted by Crippen LogP contribution is -2.47. The molecule has 1 heterocycles. The van der Waals surface area contributed by atoms with E-state index in [1.807, 2.05) is 43.0 Å². The Morgan fingerprint density at radius 2 is 2.00 bits per heavy atom. The molecular formula is C17H24BrN3O2. The van der Waals surface area contributed by atoms with Crippen molar-refractivity contribution in [3.8, 4) is 0 Å². The zero-order chi connectivity index (χ0) is 17.0. The van der Waals surface area contributed by atoms with E-state index in [2.05, 4.69) is 21.2 Å². The first kappa shape index (κ1) is 17.9. The predicted octanol–water partition coefficient (Wildman–Crippen LogP) is 2.21. The molecule has 2 amide bonds. The van der Waals surface area contributed by atoms with Gasteiger partial charge in [-0.2, -0.15) is 0 Å². The van der Waals surface area contributed by atoms with Gasteiger partial charge in [0.2, 0.25) is 11.8 Å². The quantitative estimate of drug-likeness (QED) is 0.820. The molecule has 0 saturated carbocycles. The van der Waals surface area contributed by atoms with Crippen molar-refractivity contribution >= 4 is 27.7 Å². The Morgan fingerprint density at radius 1 is 1.35 bits per heavy atom. The van der Waals surface area contributed by atoms with E-state index in [4.69, 9.17) is 5.73 Å². The molecule has 0 radical (unpaired) electrons. The molecule has 1 saturated heterocycles. The van der Waals surface area contributed by atoms with E-state index in [1.54, 1.807) is 0 Å². The van der Waals surface area contributed by atoms with Crippen LogP contribution < -0.4 is 11.1 Å². The number of likely N-dealkylation sites (tertiary alicyclic amines) is 1. The first-order chi connectivity index (χ1) is 10.9. The highest BCUT2D eigenvalue weighted by Gasteiger charge is 2.30. The minimum absolute atomic E-state index is 0.00623. The monoisotopic (exact) mass is 381 g/mol. The Morgan fingerprint density at radius 3 is 2.61 bits per heavy atom. The number of carbonyl (C=O) groups is 2. The minimum Gasteiger partial charge on any atom is -0.346 e. The molecule has 6 heteroatoms. The van der Waals surface area contributed by atoms with E-state index in [1.165, 1.54) is 0 Å². The number of benzene rings is 1. The number of amides is 2. The van der Waals surface area contributed by atoms with E-state index < -0.39 is 6.04 Å². The number of nitrogens with zero attached hydrogens (tertiary/aromatic N) is 1. The highest BCUT2D eigenvalue weighted by molar-refractivity contribution is 9.10. The van der Waals surface area contributed by atoms with Crippen molar-refractivity contribution in [2.45, 2.75) is 38.8 Å². The molecule has 2 rings (SSSR count). The number of hydrogen-bond acceptors (Lipinski definition) is 3. The Kier molecular flexibility index (Phi) is 6.18. The zero-order valence-electron chi connectivity index (χ0n) is 13.6. The summed E-state index contributed by atoms with van der Waals surface area (Å²) in [6.45, 7) is 4.50. The third kappa shape index (κ3) is 4.54. The van der Waals surface area contributed by atoms with Crippen LogP contribution in [0.15, 0.2) is 28.7 Å². The molecule has 0 spiro atoms. The molecule has 126 valence electrons. The number of nitrogens with one attached hydrogen (secondary N) is 1. The molecule has 0 aliphatic carbocycles. The van der Waals surface area contributed by atoms with Crippen molar-refractivity contribution in [2.24, 2.45) is 11.7 Å². The number of nitrogens with two attached hydrogens (primary N) is 1. The zero-order valence-corrected chi connectivity index (χ0v) is 15.2. The van der Waals surface area contributed by atoms with Crippen LogP contribution in [0.4, 0.5) is 0 Å². The normalized spacial score (nSPS) is 19.0. The molecule has 1 fully saturated rings. The Balaban J connectivity index is 1.95. The fourth-order valence-corrected chi connectivity index (χ4v) is 3.05. The van der Waals surface area contributed by atoms with Crippen LogP contribution >= 0.6 is 15.9 Å². The molecule has 0 bridgehead atoms. The van der Waals surface area contributed by atoms with Crippen molar-refractivity contribution in [1.29, 1.82) is 0 Å². The standard InChI is InChI=1S/C17H24BrN3O2/c1-11(2)16(19)17(23)20-10-15(22)21-9-3-4-14(21)12-5-7-13(18)8-6-12/h5-8,11,14,16H,3-4,9-10,19H2,1-2H3,(H,20,23)/t14?,16-/m0/s1. The smallest absolute Gasteiger partial charge is 0.242 e. The third-order valence-corrected chi connectivity index (χ3v) is 4.79. The highest BCUT2D eigenvalue weighted by atomic mass is 79.9. The van der Waals surface area contributed by atoms with Crippen LogP contribution in [0.5, 0.6) is 0 Å². The van der Waals surface area contributed by atoms with Crippen LogP contribution in [-0.2, 0) is 9.59 Å². The Hall–Kier alpha value is -1.40. The summed E-state index contributed by atoms with van der Waals surface area (Å²) in [6, 6.07) is 7.55. The summed E-state index contributed by atoms with van der Waals surface area (Å²) < 4.78 is 1.02. The van der Waals surface area contributed by atoms with Gasteiger partial charge in [-0.05, 0) is 36.5 Å². The van der Waals surface area contributed by atoms with E-state index in [-0.39, 0.29) is 30.3 Å². The van der Waals surface area contributed by atoms with Gasteiger partial charge in [0.25, 0.3) is 0 Å². The van der Waals surface area contributed by atoms with Gasteiger partial charge in [0.15, 0.2) is 0 Å². The van der Waals surface area contributed by atoms with Gasteiger partial charge in [-0.3, -0.25) is 9.59 Å². The lowest BCUT2D eigenvalue weighted by molar-refractivity contribution is -0.134. The molecule has 1 aromatic rings. The average molecular weight is 382 g/mol. The minimum atomic E-state index is -0.580. The fourth-order valence-electron chi connectivity index (χ4n) is 2.78. The van der Waals surface area contributed by atoms with Crippen molar-refractivity contribution < 1.29 is 9.59 Å². The first-order valence-electron chi connectivity index (χ1n) is 7.98. The lowest BCUT2D eigenvalue weighted by Gasteiger charge is -2.26. The second-order valence-electron chi connectivity index (χ2n) is 6.28. The molecule has 0 aromatic heterocycles. The van der Waals surface area contributed by atoms with Gasteiger partial charge in [-0.25, -0.2) is 0 Å². The first-order valence-corrected chi connectivity index (χ1v) is 8.77. The summed E-state index contributed by atoms with van der Waals surface area (Å²) >= 11 is 3.42. The average Bonchev–Trinajstić information content (AvgIpc) is 3.01. The second kappa shape index (κ2) is 7.93. The largest absolute Gasteiger partial charge is 0.346 e. The lowest BCUT2D eigenvalue weighted by atomic mass is 10.0. The van der Waals surface area contributed by atoms with Gasteiger partial charge < -0.3 is 16.0 Å². The number of rotatable bonds is 5. The topological polar surface area (TPSA) is 75.4 Å². The van der Waals surface area contributed by atoms with Gasteiger partial charge in [0.05, 0.1) is 18.6 Å². The van der Waals surface area contributed by atoms with Gasteiger partial charge in [-0.15, -0.1) is 0 Å². The third-order valence-electron chi connectivity index (χ3n) is 4.26. The van der Waals surface area contributed by atoms with Crippen molar-refractivity contribution in [3.05, 3.63) is 34.3 Å². The Labute approximate surface area is 145 Å². The fraction of sp³-hybridized carbons (Fsp3) is 0.529. The van der Waals surface area contributed by atoms with E-state index in [0.717, 1.165) is 29.4 Å². The van der Waals surface area contributed by atoms with Crippen LogP contribution in [0.2, 0.25) is 0 Å². The van der Waals surface area contributed by atoms with Crippen LogP contribution in [0.25, 0.3) is 0 Å². The van der Waals surface area contributed by atoms with Crippen molar-refractivity contribution in [2.75, 3.05) is 13.1 Å². The molecule has 2 atom stereocenters. The van der Waals surface area contributed by atoms with Crippen molar-refractivity contribution in [3.63, 3.8) is 0 Å². The molecule has 1 aliphatic rings. The second-order valence-corrected chi connectivity index (χ2v) is 7.20. The van der Waals surface area contributed by atoms with Gasteiger partial charge >= 0.3 is 0 Å².